The Kier molecular flexibility index (Phi) is 7.05. The van der Waals surface area contributed by atoms with Gasteiger partial charge in [0.25, 0.3) is 0 Å². The van der Waals surface area contributed by atoms with E-state index in [1.807, 2.05) is 12.1 Å². The summed E-state index contributed by atoms with van der Waals surface area (Å²) in [6.45, 7) is 2.10. The monoisotopic (exact) mass is 484 g/mol. The molecule has 1 aromatic carbocycles. The number of amides is 1. The average Bonchev–Trinajstić information content (AvgIpc) is 3.11. The SMILES string of the molecule is CN(Cc1ccc(Br)s1)C(=O)/C=C/c1ccc(S(=O)(=O)N2CCOCC2)cc1. The molecule has 0 bridgehead atoms. The molecule has 150 valence electrons. The van der Waals surface area contributed by atoms with Crippen LogP contribution in [0, 0.1) is 0 Å². The highest BCUT2D eigenvalue weighted by atomic mass is 79.9. The van der Waals surface area contributed by atoms with Gasteiger partial charge in [-0.3, -0.25) is 4.79 Å². The Morgan fingerprint density at radius 3 is 2.50 bits per heavy atom. The fourth-order valence-corrected chi connectivity index (χ4v) is 5.67. The van der Waals surface area contributed by atoms with E-state index < -0.39 is 10.0 Å². The number of nitrogens with zero attached hydrogens (tertiary/aromatic N) is 2. The molecule has 2 heterocycles. The molecule has 1 amide bonds. The van der Waals surface area contributed by atoms with Crippen LogP contribution in [0.5, 0.6) is 0 Å². The molecule has 6 nitrogen and oxygen atoms in total. The van der Waals surface area contributed by atoms with Gasteiger partial charge in [-0.2, -0.15) is 4.31 Å². The molecule has 1 fully saturated rings. The van der Waals surface area contributed by atoms with E-state index in [1.165, 1.54) is 10.4 Å². The summed E-state index contributed by atoms with van der Waals surface area (Å²) in [4.78, 5) is 15.2. The van der Waals surface area contributed by atoms with Crippen molar-refractivity contribution < 1.29 is 17.9 Å². The number of thiophene rings is 1. The topological polar surface area (TPSA) is 66.9 Å². The van der Waals surface area contributed by atoms with Crippen molar-refractivity contribution in [1.29, 1.82) is 0 Å². The number of ether oxygens (including phenoxy) is 1. The summed E-state index contributed by atoms with van der Waals surface area (Å²) in [6.07, 6.45) is 3.18. The van der Waals surface area contributed by atoms with E-state index in [2.05, 4.69) is 15.9 Å². The molecule has 0 spiro atoms. The average molecular weight is 485 g/mol. The van der Waals surface area contributed by atoms with Crippen molar-refractivity contribution in [2.24, 2.45) is 0 Å². The van der Waals surface area contributed by atoms with Crippen LogP contribution < -0.4 is 0 Å². The van der Waals surface area contributed by atoms with E-state index >= 15 is 0 Å². The van der Waals surface area contributed by atoms with Gasteiger partial charge in [-0.05, 0) is 51.8 Å². The van der Waals surface area contributed by atoms with E-state index in [1.54, 1.807) is 53.6 Å². The van der Waals surface area contributed by atoms with Crippen molar-refractivity contribution in [3.8, 4) is 0 Å². The van der Waals surface area contributed by atoms with Gasteiger partial charge in [0.2, 0.25) is 15.9 Å². The van der Waals surface area contributed by atoms with Gasteiger partial charge in [-0.25, -0.2) is 8.42 Å². The summed E-state index contributed by atoms with van der Waals surface area (Å²) in [5, 5.41) is 0. The van der Waals surface area contributed by atoms with Crippen molar-refractivity contribution >= 4 is 49.3 Å². The Hall–Kier alpha value is -1.52. The Balaban J connectivity index is 1.62. The van der Waals surface area contributed by atoms with Crippen LogP contribution in [0.15, 0.2) is 51.2 Å². The molecule has 0 N–H and O–H groups in total. The molecule has 0 saturated carbocycles. The molecule has 9 heteroatoms. The lowest BCUT2D eigenvalue weighted by molar-refractivity contribution is -0.125. The quantitative estimate of drug-likeness (QED) is 0.590. The zero-order valence-electron chi connectivity index (χ0n) is 15.4. The number of hydrogen-bond acceptors (Lipinski definition) is 5. The summed E-state index contributed by atoms with van der Waals surface area (Å²) >= 11 is 5.01. The van der Waals surface area contributed by atoms with Crippen LogP contribution >= 0.6 is 27.3 Å². The van der Waals surface area contributed by atoms with Crippen LogP contribution in [0.1, 0.15) is 10.4 Å². The standard InChI is InChI=1S/C19H21BrN2O4S2/c1-21(14-16-5-8-18(20)27-16)19(23)9-4-15-2-6-17(7-3-15)28(24,25)22-10-12-26-13-11-22/h2-9H,10-14H2,1H3/b9-4+. The fourth-order valence-electron chi connectivity index (χ4n) is 2.73. The van der Waals surface area contributed by atoms with Crippen molar-refractivity contribution in [3.05, 3.63) is 56.7 Å². The second-order valence-corrected chi connectivity index (χ2v) is 10.8. The molecule has 0 aliphatic carbocycles. The second-order valence-electron chi connectivity index (χ2n) is 6.32. The van der Waals surface area contributed by atoms with Crippen LogP contribution in [0.4, 0.5) is 0 Å². The zero-order chi connectivity index (χ0) is 20.1. The largest absolute Gasteiger partial charge is 0.379 e. The first-order valence-corrected chi connectivity index (χ1v) is 11.8. The van der Waals surface area contributed by atoms with Crippen LogP contribution in [0.25, 0.3) is 6.08 Å². The predicted octanol–water partition coefficient (Wildman–Crippen LogP) is 3.20. The summed E-state index contributed by atoms with van der Waals surface area (Å²) in [7, 11) is -1.76. The van der Waals surface area contributed by atoms with Gasteiger partial charge < -0.3 is 9.64 Å². The number of likely N-dealkylation sites (N-methyl/N-ethyl adjacent to an activating group) is 1. The third-order valence-corrected chi connectivity index (χ3v) is 7.83. The minimum atomic E-state index is -3.50. The Bertz CT molecular complexity index is 949. The maximum atomic E-state index is 12.6. The van der Waals surface area contributed by atoms with E-state index in [0.717, 1.165) is 14.2 Å². The van der Waals surface area contributed by atoms with Crippen LogP contribution in [0.3, 0.4) is 0 Å². The number of carbonyl (C=O) groups is 1. The number of hydrogen-bond donors (Lipinski definition) is 0. The Morgan fingerprint density at radius 2 is 1.89 bits per heavy atom. The molecule has 28 heavy (non-hydrogen) atoms. The molecule has 2 aromatic rings. The van der Waals surface area contributed by atoms with Gasteiger partial charge in [0.1, 0.15) is 0 Å². The molecule has 3 rings (SSSR count). The lowest BCUT2D eigenvalue weighted by atomic mass is 10.2. The fraction of sp³-hybridized carbons (Fsp3) is 0.316. The van der Waals surface area contributed by atoms with Crippen molar-refractivity contribution in [3.63, 3.8) is 0 Å². The minimum absolute atomic E-state index is 0.116. The highest BCUT2D eigenvalue weighted by Gasteiger charge is 2.25. The van der Waals surface area contributed by atoms with Crippen LogP contribution in [-0.2, 0) is 26.1 Å². The van der Waals surface area contributed by atoms with Gasteiger partial charge >= 0.3 is 0 Å². The third-order valence-electron chi connectivity index (χ3n) is 4.30. The van der Waals surface area contributed by atoms with Crippen LogP contribution in [0.2, 0.25) is 0 Å². The van der Waals surface area contributed by atoms with Crippen LogP contribution in [-0.4, -0.2) is 56.9 Å². The third kappa shape index (κ3) is 5.30. The molecular formula is C19H21BrN2O4S2. The smallest absolute Gasteiger partial charge is 0.246 e. The number of carbonyl (C=O) groups excluding carboxylic acids is 1. The van der Waals surface area contributed by atoms with Gasteiger partial charge in [0, 0.05) is 31.1 Å². The zero-order valence-corrected chi connectivity index (χ0v) is 18.6. The molecule has 1 saturated heterocycles. The predicted molar refractivity (Wildman–Crippen MR) is 114 cm³/mol. The number of sulfonamides is 1. The molecular weight excluding hydrogens is 464 g/mol. The molecule has 1 aliphatic heterocycles. The number of benzene rings is 1. The van der Waals surface area contributed by atoms with E-state index in [0.29, 0.717) is 32.8 Å². The number of morpholine rings is 1. The van der Waals surface area contributed by atoms with E-state index in [9.17, 15) is 13.2 Å². The molecule has 0 unspecified atom stereocenters. The maximum Gasteiger partial charge on any atom is 0.246 e. The Morgan fingerprint density at radius 1 is 1.21 bits per heavy atom. The van der Waals surface area contributed by atoms with E-state index in [-0.39, 0.29) is 10.8 Å². The van der Waals surface area contributed by atoms with Gasteiger partial charge in [0.05, 0.1) is 28.4 Å². The summed E-state index contributed by atoms with van der Waals surface area (Å²) in [5.41, 5.74) is 0.765. The maximum absolute atomic E-state index is 12.6. The first kappa shape index (κ1) is 21.2. The summed E-state index contributed by atoms with van der Waals surface area (Å²) in [5.74, 6) is -0.116. The molecule has 0 atom stereocenters. The highest BCUT2D eigenvalue weighted by Crippen LogP contribution is 2.23. The summed E-state index contributed by atoms with van der Waals surface area (Å²) in [6, 6.07) is 10.5. The van der Waals surface area contributed by atoms with Gasteiger partial charge in [-0.1, -0.05) is 12.1 Å². The molecule has 1 aromatic heterocycles. The second kappa shape index (κ2) is 9.32. The van der Waals surface area contributed by atoms with E-state index in [4.69, 9.17) is 4.74 Å². The lowest BCUT2D eigenvalue weighted by Gasteiger charge is -2.26. The summed E-state index contributed by atoms with van der Waals surface area (Å²) < 4.78 is 32.9. The number of rotatable bonds is 6. The van der Waals surface area contributed by atoms with Crippen molar-refractivity contribution in [1.82, 2.24) is 9.21 Å². The normalized spacial score (nSPS) is 15.8. The lowest BCUT2D eigenvalue weighted by Crippen LogP contribution is -2.40. The number of halogens is 1. The highest BCUT2D eigenvalue weighted by molar-refractivity contribution is 9.11. The van der Waals surface area contributed by atoms with Crippen molar-refractivity contribution in [2.75, 3.05) is 33.4 Å². The molecule has 1 aliphatic rings. The minimum Gasteiger partial charge on any atom is -0.379 e. The van der Waals surface area contributed by atoms with Gasteiger partial charge in [-0.15, -0.1) is 11.3 Å². The Labute approximate surface area is 177 Å². The van der Waals surface area contributed by atoms with Crippen molar-refractivity contribution in [2.45, 2.75) is 11.4 Å². The molecule has 0 radical (unpaired) electrons. The van der Waals surface area contributed by atoms with Gasteiger partial charge in [0.15, 0.2) is 0 Å². The first-order valence-electron chi connectivity index (χ1n) is 8.71. The first-order chi connectivity index (χ1) is 13.4.